The lowest BCUT2D eigenvalue weighted by molar-refractivity contribution is 0.0658. The van der Waals surface area contributed by atoms with E-state index in [0.717, 1.165) is 43.6 Å². The van der Waals surface area contributed by atoms with Gasteiger partial charge in [0, 0.05) is 24.6 Å². The van der Waals surface area contributed by atoms with Crippen molar-refractivity contribution < 1.29 is 9.90 Å². The summed E-state index contributed by atoms with van der Waals surface area (Å²) in [4.78, 5) is 16.4. The molecule has 0 radical (unpaired) electrons. The third kappa shape index (κ3) is 3.12. The van der Waals surface area contributed by atoms with Crippen molar-refractivity contribution in [3.8, 4) is 0 Å². The fraction of sp³-hybridized carbons (Fsp3) is 0.643. The average Bonchev–Trinajstić information content (AvgIpc) is 2.87. The largest absolute Gasteiger partial charge is 0.396 e. The molecule has 1 aromatic heterocycles. The number of likely N-dealkylation sites (tertiary alicyclic amines) is 1. The molecule has 1 aromatic rings. The minimum Gasteiger partial charge on any atom is -0.396 e. The van der Waals surface area contributed by atoms with Crippen LogP contribution in [0.5, 0.6) is 0 Å². The van der Waals surface area contributed by atoms with Crippen molar-refractivity contribution in [1.29, 1.82) is 0 Å². The molecule has 1 fully saturated rings. The van der Waals surface area contributed by atoms with Crippen molar-refractivity contribution in [1.82, 2.24) is 4.90 Å². The van der Waals surface area contributed by atoms with Crippen LogP contribution in [0.3, 0.4) is 0 Å². The minimum atomic E-state index is 0.169. The maximum atomic E-state index is 12.4. The summed E-state index contributed by atoms with van der Waals surface area (Å²) in [5.74, 6) is 0.639. The number of nitrogens with zero attached hydrogens (tertiary/aromatic N) is 1. The van der Waals surface area contributed by atoms with Crippen LogP contribution in [0.4, 0.5) is 0 Å². The van der Waals surface area contributed by atoms with E-state index in [0.29, 0.717) is 5.92 Å². The first-order valence-corrected chi connectivity index (χ1v) is 7.55. The normalized spacial score (nSPS) is 20.1. The van der Waals surface area contributed by atoms with Crippen LogP contribution in [0, 0.1) is 5.92 Å². The van der Waals surface area contributed by atoms with Crippen LogP contribution in [0.15, 0.2) is 12.1 Å². The first-order valence-electron chi connectivity index (χ1n) is 6.73. The number of thiophene rings is 1. The summed E-state index contributed by atoms with van der Waals surface area (Å²) in [5, 5.41) is 8.99. The summed E-state index contributed by atoms with van der Waals surface area (Å²) in [7, 11) is 0. The number of piperidine rings is 1. The monoisotopic (exact) mass is 267 g/mol. The molecular formula is C14H21NO2S. The van der Waals surface area contributed by atoms with Crippen molar-refractivity contribution in [2.75, 3.05) is 19.7 Å². The molecule has 2 heterocycles. The highest BCUT2D eigenvalue weighted by atomic mass is 32.1. The number of aryl methyl sites for hydroxylation is 1. The third-order valence-electron chi connectivity index (χ3n) is 3.56. The zero-order valence-electron chi connectivity index (χ0n) is 10.9. The fourth-order valence-electron chi connectivity index (χ4n) is 2.51. The number of carbonyl (C=O) groups is 1. The van der Waals surface area contributed by atoms with Gasteiger partial charge in [0.25, 0.3) is 5.91 Å². The zero-order chi connectivity index (χ0) is 13.0. The van der Waals surface area contributed by atoms with E-state index in [4.69, 9.17) is 5.11 Å². The molecule has 4 heteroatoms. The van der Waals surface area contributed by atoms with E-state index in [1.165, 1.54) is 4.88 Å². The molecule has 3 nitrogen and oxygen atoms in total. The van der Waals surface area contributed by atoms with Crippen LogP contribution < -0.4 is 0 Å². The second-order valence-corrected chi connectivity index (χ2v) is 6.06. The predicted octanol–water partition coefficient (Wildman–Crippen LogP) is 2.55. The van der Waals surface area contributed by atoms with Crippen molar-refractivity contribution in [3.63, 3.8) is 0 Å². The van der Waals surface area contributed by atoms with E-state index in [1.807, 2.05) is 17.0 Å². The van der Waals surface area contributed by atoms with Crippen molar-refractivity contribution in [3.05, 3.63) is 21.9 Å². The van der Waals surface area contributed by atoms with E-state index in [9.17, 15) is 4.79 Å². The van der Waals surface area contributed by atoms with E-state index in [-0.39, 0.29) is 12.5 Å². The van der Waals surface area contributed by atoms with E-state index in [2.05, 4.69) is 6.92 Å². The number of amides is 1. The summed E-state index contributed by atoms with van der Waals surface area (Å²) in [6.45, 7) is 4.00. The Morgan fingerprint density at radius 1 is 1.56 bits per heavy atom. The van der Waals surface area contributed by atoms with Gasteiger partial charge in [-0.3, -0.25) is 4.79 Å². The van der Waals surface area contributed by atoms with Gasteiger partial charge < -0.3 is 10.0 Å². The minimum absolute atomic E-state index is 0.169. The van der Waals surface area contributed by atoms with Gasteiger partial charge in [0.05, 0.1) is 4.88 Å². The second kappa shape index (κ2) is 6.34. The number of carbonyl (C=O) groups excluding carboxylic acids is 1. The van der Waals surface area contributed by atoms with Crippen LogP contribution in [0.2, 0.25) is 0 Å². The lowest BCUT2D eigenvalue weighted by Gasteiger charge is -2.32. The van der Waals surface area contributed by atoms with Crippen LogP contribution in [0.25, 0.3) is 0 Å². The smallest absolute Gasteiger partial charge is 0.263 e. The van der Waals surface area contributed by atoms with Crippen LogP contribution in [0.1, 0.15) is 40.7 Å². The van der Waals surface area contributed by atoms with Crippen LogP contribution >= 0.6 is 11.3 Å². The third-order valence-corrected chi connectivity index (χ3v) is 4.78. The van der Waals surface area contributed by atoms with Gasteiger partial charge in [-0.05, 0) is 43.7 Å². The topological polar surface area (TPSA) is 40.5 Å². The highest BCUT2D eigenvalue weighted by Crippen LogP contribution is 2.24. The number of rotatable bonds is 4. The SMILES string of the molecule is CCc1ccc(C(=O)N2CCCC(CCO)C2)s1. The van der Waals surface area contributed by atoms with Gasteiger partial charge >= 0.3 is 0 Å². The molecule has 100 valence electrons. The van der Waals surface area contributed by atoms with Gasteiger partial charge in [-0.25, -0.2) is 0 Å². The highest BCUT2D eigenvalue weighted by molar-refractivity contribution is 7.14. The van der Waals surface area contributed by atoms with Crippen molar-refractivity contribution in [2.45, 2.75) is 32.6 Å². The molecule has 1 N–H and O–H groups in total. The number of aliphatic hydroxyl groups excluding tert-OH is 1. The van der Waals surface area contributed by atoms with Gasteiger partial charge in [0.15, 0.2) is 0 Å². The molecular weight excluding hydrogens is 246 g/mol. The molecule has 18 heavy (non-hydrogen) atoms. The molecule has 0 bridgehead atoms. The standard InChI is InChI=1S/C14H21NO2S/c1-2-12-5-6-13(18-12)14(17)15-8-3-4-11(10-15)7-9-16/h5-6,11,16H,2-4,7-10H2,1H3. The summed E-state index contributed by atoms with van der Waals surface area (Å²) in [6.07, 6.45) is 4.00. The Labute approximate surface area is 112 Å². The summed E-state index contributed by atoms with van der Waals surface area (Å²) in [5.41, 5.74) is 0. The van der Waals surface area contributed by atoms with Gasteiger partial charge in [-0.15, -0.1) is 11.3 Å². The number of hydrogen-bond donors (Lipinski definition) is 1. The Bertz CT molecular complexity index is 400. The average molecular weight is 267 g/mol. The summed E-state index contributed by atoms with van der Waals surface area (Å²) in [6, 6.07) is 3.99. The molecule has 1 unspecified atom stereocenters. The molecule has 1 amide bonds. The lowest BCUT2D eigenvalue weighted by atomic mass is 9.95. The molecule has 1 atom stereocenters. The van der Waals surface area contributed by atoms with Crippen LogP contribution in [-0.4, -0.2) is 35.6 Å². The highest BCUT2D eigenvalue weighted by Gasteiger charge is 2.24. The first kappa shape index (κ1) is 13.6. The molecule has 0 saturated carbocycles. The molecule has 1 aliphatic rings. The molecule has 1 saturated heterocycles. The Kier molecular flexibility index (Phi) is 4.78. The Balaban J connectivity index is 1.99. The van der Waals surface area contributed by atoms with E-state index in [1.54, 1.807) is 11.3 Å². The number of hydrogen-bond acceptors (Lipinski definition) is 3. The van der Waals surface area contributed by atoms with E-state index < -0.39 is 0 Å². The molecule has 1 aliphatic heterocycles. The molecule has 0 aliphatic carbocycles. The first-order chi connectivity index (χ1) is 8.74. The molecule has 2 rings (SSSR count). The molecule has 0 spiro atoms. The van der Waals surface area contributed by atoms with E-state index >= 15 is 0 Å². The van der Waals surface area contributed by atoms with Gasteiger partial charge in [-0.1, -0.05) is 6.92 Å². The predicted molar refractivity (Wildman–Crippen MR) is 74.0 cm³/mol. The maximum absolute atomic E-state index is 12.4. The number of aliphatic hydroxyl groups is 1. The second-order valence-electron chi connectivity index (χ2n) is 4.89. The zero-order valence-corrected chi connectivity index (χ0v) is 11.7. The van der Waals surface area contributed by atoms with Gasteiger partial charge in [0.1, 0.15) is 0 Å². The van der Waals surface area contributed by atoms with Gasteiger partial charge in [-0.2, -0.15) is 0 Å². The fourth-order valence-corrected chi connectivity index (χ4v) is 3.42. The summed E-state index contributed by atoms with van der Waals surface area (Å²) < 4.78 is 0. The lowest BCUT2D eigenvalue weighted by Crippen LogP contribution is -2.39. The van der Waals surface area contributed by atoms with Crippen LogP contribution in [-0.2, 0) is 6.42 Å². The maximum Gasteiger partial charge on any atom is 0.263 e. The Hall–Kier alpha value is -0.870. The molecule has 0 aromatic carbocycles. The Morgan fingerprint density at radius 2 is 2.39 bits per heavy atom. The van der Waals surface area contributed by atoms with Gasteiger partial charge in [0.2, 0.25) is 0 Å². The van der Waals surface area contributed by atoms with Crippen molar-refractivity contribution >= 4 is 17.2 Å². The summed E-state index contributed by atoms with van der Waals surface area (Å²) >= 11 is 1.61. The van der Waals surface area contributed by atoms with Crippen molar-refractivity contribution in [2.24, 2.45) is 5.92 Å². The quantitative estimate of drug-likeness (QED) is 0.910. The Morgan fingerprint density at radius 3 is 3.06 bits per heavy atom.